The Morgan fingerprint density at radius 3 is 3.25 bits per heavy atom. The summed E-state index contributed by atoms with van der Waals surface area (Å²) in [5.41, 5.74) is 2.33. The van der Waals surface area contributed by atoms with E-state index in [-0.39, 0.29) is 5.56 Å². The molecule has 1 aliphatic rings. The van der Waals surface area contributed by atoms with E-state index in [9.17, 15) is 4.79 Å². The highest BCUT2D eigenvalue weighted by Gasteiger charge is 2.19. The first-order valence-corrected chi connectivity index (χ1v) is 5.75. The van der Waals surface area contributed by atoms with Crippen LogP contribution in [0, 0.1) is 0 Å². The highest BCUT2D eigenvalue weighted by Crippen LogP contribution is 2.27. The van der Waals surface area contributed by atoms with Crippen molar-refractivity contribution in [3.8, 4) is 0 Å². The minimum Gasteiger partial charge on any atom is -0.383 e. The van der Waals surface area contributed by atoms with Gasteiger partial charge in [0.15, 0.2) is 0 Å². The third kappa shape index (κ3) is 2.51. The van der Waals surface area contributed by atoms with E-state index in [1.165, 1.54) is 5.56 Å². The van der Waals surface area contributed by atoms with E-state index in [4.69, 9.17) is 4.74 Å². The normalized spacial score (nSPS) is 19.4. The van der Waals surface area contributed by atoms with Crippen LogP contribution in [-0.2, 0) is 11.2 Å². The molecule has 1 atom stereocenters. The average Bonchev–Trinajstić information content (AvgIpc) is 2.29. The molecule has 1 unspecified atom stereocenters. The van der Waals surface area contributed by atoms with Crippen LogP contribution in [0.25, 0.3) is 0 Å². The molecule has 88 valence electrons. The summed E-state index contributed by atoms with van der Waals surface area (Å²) in [7, 11) is 1.70. The van der Waals surface area contributed by atoms with Crippen LogP contribution in [0.15, 0.2) is 16.9 Å². The molecular formula is C12H18N2O2. The van der Waals surface area contributed by atoms with Gasteiger partial charge in [-0.25, -0.2) is 0 Å². The van der Waals surface area contributed by atoms with Gasteiger partial charge in [0.2, 0.25) is 5.56 Å². The standard InChI is InChI=1S/C12H18N2O2/c1-16-8-7-13-10-3-2-4-11-9(10)5-6-12(15)14-11/h5-6,10,13H,2-4,7-8H2,1H3,(H,14,15). The third-order valence-corrected chi connectivity index (χ3v) is 3.03. The number of hydrogen-bond donors (Lipinski definition) is 2. The molecule has 0 saturated heterocycles. The van der Waals surface area contributed by atoms with Crippen molar-refractivity contribution in [2.45, 2.75) is 25.3 Å². The second kappa shape index (κ2) is 5.27. The second-order valence-corrected chi connectivity index (χ2v) is 4.15. The summed E-state index contributed by atoms with van der Waals surface area (Å²) < 4.78 is 5.02. The van der Waals surface area contributed by atoms with E-state index in [1.807, 2.05) is 6.07 Å². The molecule has 4 heteroatoms. The Hall–Kier alpha value is -1.13. The van der Waals surface area contributed by atoms with Crippen molar-refractivity contribution >= 4 is 0 Å². The van der Waals surface area contributed by atoms with Crippen molar-refractivity contribution in [2.24, 2.45) is 0 Å². The molecule has 0 aromatic carbocycles. The van der Waals surface area contributed by atoms with Crippen LogP contribution in [0.3, 0.4) is 0 Å². The van der Waals surface area contributed by atoms with E-state index in [0.717, 1.165) is 38.1 Å². The number of methoxy groups -OCH3 is 1. The van der Waals surface area contributed by atoms with Crippen LogP contribution in [0.5, 0.6) is 0 Å². The van der Waals surface area contributed by atoms with Crippen LogP contribution < -0.4 is 10.9 Å². The molecule has 0 fully saturated rings. The number of nitrogens with one attached hydrogen (secondary N) is 2. The lowest BCUT2D eigenvalue weighted by molar-refractivity contribution is 0.194. The molecular weight excluding hydrogens is 204 g/mol. The first-order valence-electron chi connectivity index (χ1n) is 5.75. The molecule has 2 rings (SSSR count). The quantitative estimate of drug-likeness (QED) is 0.747. The maximum atomic E-state index is 11.2. The lowest BCUT2D eigenvalue weighted by Gasteiger charge is -2.25. The SMILES string of the molecule is COCCNC1CCCc2[nH]c(=O)ccc21. The molecule has 0 radical (unpaired) electrons. The lowest BCUT2D eigenvalue weighted by atomic mass is 9.91. The number of hydrogen-bond acceptors (Lipinski definition) is 3. The minimum absolute atomic E-state index is 0.00343. The predicted octanol–water partition coefficient (Wildman–Crippen LogP) is 0.988. The first kappa shape index (κ1) is 11.4. The summed E-state index contributed by atoms with van der Waals surface area (Å²) in [5.74, 6) is 0. The summed E-state index contributed by atoms with van der Waals surface area (Å²) in [6.07, 6.45) is 3.23. The van der Waals surface area contributed by atoms with Crippen LogP contribution >= 0.6 is 0 Å². The molecule has 1 aromatic heterocycles. The van der Waals surface area contributed by atoms with Gasteiger partial charge in [0.25, 0.3) is 0 Å². The van der Waals surface area contributed by atoms with Gasteiger partial charge in [0.05, 0.1) is 6.61 Å². The Kier molecular flexibility index (Phi) is 3.74. The van der Waals surface area contributed by atoms with Crippen LogP contribution in [0.2, 0.25) is 0 Å². The largest absolute Gasteiger partial charge is 0.383 e. The van der Waals surface area contributed by atoms with E-state index >= 15 is 0 Å². The average molecular weight is 222 g/mol. The van der Waals surface area contributed by atoms with Gasteiger partial charge in [-0.1, -0.05) is 6.07 Å². The predicted molar refractivity (Wildman–Crippen MR) is 62.6 cm³/mol. The van der Waals surface area contributed by atoms with Crippen LogP contribution in [-0.4, -0.2) is 25.2 Å². The fourth-order valence-corrected chi connectivity index (χ4v) is 2.25. The monoisotopic (exact) mass is 222 g/mol. The molecule has 2 N–H and O–H groups in total. The minimum atomic E-state index is -0.00343. The smallest absolute Gasteiger partial charge is 0.248 e. The molecule has 0 amide bonds. The maximum Gasteiger partial charge on any atom is 0.248 e. The number of H-pyrrole nitrogens is 1. The zero-order valence-corrected chi connectivity index (χ0v) is 9.58. The molecule has 4 nitrogen and oxygen atoms in total. The molecule has 0 aliphatic heterocycles. The third-order valence-electron chi connectivity index (χ3n) is 3.03. The molecule has 1 aliphatic carbocycles. The van der Waals surface area contributed by atoms with Crippen molar-refractivity contribution in [1.82, 2.24) is 10.3 Å². The molecule has 1 heterocycles. The molecule has 0 spiro atoms. The van der Waals surface area contributed by atoms with Crippen molar-refractivity contribution in [3.05, 3.63) is 33.7 Å². The van der Waals surface area contributed by atoms with Gasteiger partial charge in [0, 0.05) is 31.5 Å². The molecule has 0 bridgehead atoms. The Morgan fingerprint density at radius 2 is 2.44 bits per heavy atom. The van der Waals surface area contributed by atoms with Gasteiger partial charge in [-0.2, -0.15) is 0 Å². The maximum absolute atomic E-state index is 11.2. The number of aromatic nitrogens is 1. The fraction of sp³-hybridized carbons (Fsp3) is 0.583. The number of aryl methyl sites for hydroxylation is 1. The summed E-state index contributed by atoms with van der Waals surface area (Å²) in [6, 6.07) is 3.91. The van der Waals surface area contributed by atoms with E-state index < -0.39 is 0 Å². The summed E-state index contributed by atoms with van der Waals surface area (Å²) in [5, 5.41) is 3.45. The number of aromatic amines is 1. The molecule has 0 saturated carbocycles. The highest BCUT2D eigenvalue weighted by atomic mass is 16.5. The summed E-state index contributed by atoms with van der Waals surface area (Å²) in [4.78, 5) is 14.1. The number of fused-ring (bicyclic) bond motifs is 1. The van der Waals surface area contributed by atoms with Crippen LogP contribution in [0.4, 0.5) is 0 Å². The topological polar surface area (TPSA) is 54.1 Å². The van der Waals surface area contributed by atoms with E-state index in [1.54, 1.807) is 13.2 Å². The van der Waals surface area contributed by atoms with Gasteiger partial charge in [-0.15, -0.1) is 0 Å². The molecule has 16 heavy (non-hydrogen) atoms. The van der Waals surface area contributed by atoms with Gasteiger partial charge in [0.1, 0.15) is 0 Å². The van der Waals surface area contributed by atoms with Crippen molar-refractivity contribution in [2.75, 3.05) is 20.3 Å². The zero-order valence-electron chi connectivity index (χ0n) is 9.58. The number of rotatable bonds is 4. The van der Waals surface area contributed by atoms with Crippen molar-refractivity contribution in [1.29, 1.82) is 0 Å². The number of ether oxygens (including phenoxy) is 1. The Morgan fingerprint density at radius 1 is 1.56 bits per heavy atom. The second-order valence-electron chi connectivity index (χ2n) is 4.15. The van der Waals surface area contributed by atoms with Gasteiger partial charge in [-0.3, -0.25) is 4.79 Å². The van der Waals surface area contributed by atoms with Crippen LogP contribution in [0.1, 0.15) is 30.1 Å². The highest BCUT2D eigenvalue weighted by molar-refractivity contribution is 5.26. The summed E-state index contributed by atoms with van der Waals surface area (Å²) >= 11 is 0. The van der Waals surface area contributed by atoms with E-state index in [0.29, 0.717) is 6.04 Å². The Balaban J connectivity index is 2.10. The fourth-order valence-electron chi connectivity index (χ4n) is 2.25. The van der Waals surface area contributed by atoms with Gasteiger partial charge < -0.3 is 15.0 Å². The van der Waals surface area contributed by atoms with Gasteiger partial charge >= 0.3 is 0 Å². The lowest BCUT2D eigenvalue weighted by Crippen LogP contribution is -2.29. The van der Waals surface area contributed by atoms with Gasteiger partial charge in [-0.05, 0) is 24.8 Å². The van der Waals surface area contributed by atoms with Crippen molar-refractivity contribution in [3.63, 3.8) is 0 Å². The molecule has 1 aromatic rings. The Bertz CT molecular complexity index is 400. The summed E-state index contributed by atoms with van der Waals surface area (Å²) in [6.45, 7) is 1.56. The first-order chi connectivity index (χ1) is 7.81. The van der Waals surface area contributed by atoms with E-state index in [2.05, 4.69) is 10.3 Å². The van der Waals surface area contributed by atoms with Crippen molar-refractivity contribution < 1.29 is 4.74 Å². The Labute approximate surface area is 95.0 Å². The zero-order chi connectivity index (χ0) is 11.4. The number of pyridine rings is 1.